The first-order chi connectivity index (χ1) is 6.75. The van der Waals surface area contributed by atoms with Crippen LogP contribution in [0.15, 0.2) is 18.2 Å². The number of hydrogen-bond donors (Lipinski definition) is 1. The molecule has 1 atom stereocenters. The van der Waals surface area contributed by atoms with Crippen molar-refractivity contribution < 1.29 is 8.78 Å². The van der Waals surface area contributed by atoms with Crippen molar-refractivity contribution in [3.63, 3.8) is 0 Å². The molecule has 1 aromatic rings. The lowest BCUT2D eigenvalue weighted by molar-refractivity contribution is 0.583. The van der Waals surface area contributed by atoms with E-state index in [-0.39, 0.29) is 0 Å². The van der Waals surface area contributed by atoms with Gasteiger partial charge in [-0.2, -0.15) is 11.8 Å². The Balaban J connectivity index is 2.08. The second-order valence-electron chi connectivity index (χ2n) is 3.33. The van der Waals surface area contributed by atoms with Crippen LogP contribution in [0.4, 0.5) is 14.5 Å². The van der Waals surface area contributed by atoms with Gasteiger partial charge in [-0.05, 0) is 24.3 Å². The molecule has 0 radical (unpaired) electrons. The largest absolute Gasteiger partial charge is 0.379 e. The Morgan fingerprint density at radius 2 is 2.21 bits per heavy atom. The third-order valence-electron chi connectivity index (χ3n) is 2.22. The second kappa shape index (κ2) is 4.17. The molecule has 14 heavy (non-hydrogen) atoms. The Hall–Kier alpha value is -0.770. The van der Waals surface area contributed by atoms with Crippen molar-refractivity contribution in [3.8, 4) is 0 Å². The minimum absolute atomic E-state index is 0.319. The van der Waals surface area contributed by atoms with Crippen LogP contribution >= 0.6 is 11.8 Å². The molecule has 1 aromatic carbocycles. The van der Waals surface area contributed by atoms with Gasteiger partial charge in [0.05, 0.1) is 5.69 Å². The number of nitrogens with one attached hydrogen (secondary N) is 1. The standard InChI is InChI=1S/C10H11F2NS/c11-7-1-2-10(9(12)5-7)13-8-3-4-14-6-8/h1-2,5,8,13H,3-4,6H2. The molecule has 0 amide bonds. The SMILES string of the molecule is Fc1ccc(NC2CCSC2)c(F)c1. The molecule has 4 heteroatoms. The first-order valence-electron chi connectivity index (χ1n) is 4.55. The number of thioether (sulfide) groups is 1. The van der Waals surface area contributed by atoms with Crippen LogP contribution in [-0.4, -0.2) is 17.5 Å². The lowest BCUT2D eigenvalue weighted by Crippen LogP contribution is -2.18. The molecule has 1 fully saturated rings. The lowest BCUT2D eigenvalue weighted by Gasteiger charge is -2.13. The van der Waals surface area contributed by atoms with Gasteiger partial charge < -0.3 is 5.32 Å². The van der Waals surface area contributed by atoms with E-state index in [2.05, 4.69) is 5.32 Å². The van der Waals surface area contributed by atoms with Crippen LogP contribution in [0.25, 0.3) is 0 Å². The zero-order valence-electron chi connectivity index (χ0n) is 7.59. The third-order valence-corrected chi connectivity index (χ3v) is 3.38. The van der Waals surface area contributed by atoms with E-state index in [4.69, 9.17) is 0 Å². The van der Waals surface area contributed by atoms with Gasteiger partial charge in [-0.1, -0.05) is 0 Å². The Morgan fingerprint density at radius 3 is 2.86 bits per heavy atom. The van der Waals surface area contributed by atoms with Crippen molar-refractivity contribution in [2.24, 2.45) is 0 Å². The van der Waals surface area contributed by atoms with E-state index >= 15 is 0 Å². The van der Waals surface area contributed by atoms with Crippen LogP contribution in [0, 0.1) is 11.6 Å². The Morgan fingerprint density at radius 1 is 1.36 bits per heavy atom. The molecule has 76 valence electrons. The van der Waals surface area contributed by atoms with Gasteiger partial charge in [0.1, 0.15) is 11.6 Å². The molecule has 0 aliphatic carbocycles. The minimum Gasteiger partial charge on any atom is -0.379 e. The average Bonchev–Trinajstić information content (AvgIpc) is 2.62. The summed E-state index contributed by atoms with van der Waals surface area (Å²) in [5.74, 6) is 1.06. The first-order valence-corrected chi connectivity index (χ1v) is 5.70. The second-order valence-corrected chi connectivity index (χ2v) is 4.48. The summed E-state index contributed by atoms with van der Waals surface area (Å²) >= 11 is 1.85. The maximum Gasteiger partial charge on any atom is 0.149 e. The van der Waals surface area contributed by atoms with E-state index in [0.29, 0.717) is 11.7 Å². The molecule has 0 aromatic heterocycles. The number of hydrogen-bond acceptors (Lipinski definition) is 2. The minimum atomic E-state index is -0.533. The van der Waals surface area contributed by atoms with Crippen LogP contribution in [0.3, 0.4) is 0 Å². The van der Waals surface area contributed by atoms with Crippen molar-refractivity contribution in [2.75, 3.05) is 16.8 Å². The summed E-state index contributed by atoms with van der Waals surface area (Å²) in [5.41, 5.74) is 0.402. The fraction of sp³-hybridized carbons (Fsp3) is 0.400. The highest BCUT2D eigenvalue weighted by atomic mass is 32.2. The van der Waals surface area contributed by atoms with E-state index in [1.165, 1.54) is 12.1 Å². The highest BCUT2D eigenvalue weighted by Crippen LogP contribution is 2.23. The molecule has 1 heterocycles. The van der Waals surface area contributed by atoms with E-state index in [9.17, 15) is 8.78 Å². The molecule has 1 saturated heterocycles. The number of rotatable bonds is 2. The molecule has 1 aliphatic rings. The van der Waals surface area contributed by atoms with E-state index in [1.807, 2.05) is 11.8 Å². The Labute approximate surface area is 85.9 Å². The number of benzene rings is 1. The molecule has 0 bridgehead atoms. The Kier molecular flexibility index (Phi) is 2.91. The maximum absolute atomic E-state index is 13.2. The monoisotopic (exact) mass is 215 g/mol. The van der Waals surface area contributed by atoms with Gasteiger partial charge in [0.15, 0.2) is 0 Å². The zero-order chi connectivity index (χ0) is 9.97. The first kappa shape index (κ1) is 9.77. The summed E-state index contributed by atoms with van der Waals surface area (Å²) in [5, 5.41) is 3.07. The van der Waals surface area contributed by atoms with Gasteiger partial charge in [0, 0.05) is 17.9 Å². The van der Waals surface area contributed by atoms with Crippen LogP contribution in [-0.2, 0) is 0 Å². The number of anilines is 1. The molecular formula is C10H11F2NS. The summed E-state index contributed by atoms with van der Waals surface area (Å²) in [6.45, 7) is 0. The highest BCUT2D eigenvalue weighted by Gasteiger charge is 2.16. The normalized spacial score (nSPS) is 21.1. The summed E-state index contributed by atoms with van der Waals surface area (Å²) < 4.78 is 25.8. The summed E-state index contributed by atoms with van der Waals surface area (Å²) in [6.07, 6.45) is 1.04. The van der Waals surface area contributed by atoms with Crippen LogP contribution in [0.5, 0.6) is 0 Å². The van der Waals surface area contributed by atoms with Gasteiger partial charge in [-0.15, -0.1) is 0 Å². The molecule has 1 aliphatic heterocycles. The van der Waals surface area contributed by atoms with Crippen molar-refractivity contribution >= 4 is 17.4 Å². The summed E-state index contributed by atoms with van der Waals surface area (Å²) in [6, 6.07) is 3.95. The Bertz CT molecular complexity index is 324. The summed E-state index contributed by atoms with van der Waals surface area (Å²) in [4.78, 5) is 0. The fourth-order valence-electron chi connectivity index (χ4n) is 1.47. The van der Waals surface area contributed by atoms with Gasteiger partial charge in [0.25, 0.3) is 0 Å². The van der Waals surface area contributed by atoms with Crippen molar-refractivity contribution in [2.45, 2.75) is 12.5 Å². The summed E-state index contributed by atoms with van der Waals surface area (Å²) in [7, 11) is 0. The maximum atomic E-state index is 13.2. The van der Waals surface area contributed by atoms with Gasteiger partial charge in [-0.3, -0.25) is 0 Å². The molecule has 2 rings (SSSR count). The fourth-order valence-corrected chi connectivity index (χ4v) is 2.63. The topological polar surface area (TPSA) is 12.0 Å². The highest BCUT2D eigenvalue weighted by molar-refractivity contribution is 7.99. The van der Waals surface area contributed by atoms with Crippen molar-refractivity contribution in [1.29, 1.82) is 0 Å². The molecule has 0 saturated carbocycles. The van der Waals surface area contributed by atoms with E-state index in [1.54, 1.807) is 0 Å². The molecule has 1 N–H and O–H groups in total. The molecule has 1 unspecified atom stereocenters. The molecular weight excluding hydrogens is 204 g/mol. The van der Waals surface area contributed by atoms with Crippen LogP contribution < -0.4 is 5.32 Å². The van der Waals surface area contributed by atoms with Crippen molar-refractivity contribution in [3.05, 3.63) is 29.8 Å². The van der Waals surface area contributed by atoms with Crippen LogP contribution in [0.2, 0.25) is 0 Å². The smallest absolute Gasteiger partial charge is 0.149 e. The average molecular weight is 215 g/mol. The zero-order valence-corrected chi connectivity index (χ0v) is 8.41. The van der Waals surface area contributed by atoms with E-state index < -0.39 is 11.6 Å². The van der Waals surface area contributed by atoms with Gasteiger partial charge in [0.2, 0.25) is 0 Å². The predicted molar refractivity (Wildman–Crippen MR) is 55.7 cm³/mol. The third kappa shape index (κ3) is 2.18. The van der Waals surface area contributed by atoms with E-state index in [0.717, 1.165) is 24.0 Å². The predicted octanol–water partition coefficient (Wildman–Crippen LogP) is 2.88. The quantitative estimate of drug-likeness (QED) is 0.814. The van der Waals surface area contributed by atoms with Gasteiger partial charge in [-0.25, -0.2) is 8.78 Å². The lowest BCUT2D eigenvalue weighted by atomic mass is 10.2. The molecule has 1 nitrogen and oxygen atoms in total. The van der Waals surface area contributed by atoms with Crippen LogP contribution in [0.1, 0.15) is 6.42 Å². The van der Waals surface area contributed by atoms with Crippen molar-refractivity contribution in [1.82, 2.24) is 0 Å². The van der Waals surface area contributed by atoms with Gasteiger partial charge >= 0.3 is 0 Å². The molecule has 0 spiro atoms. The number of halogens is 2.